The number of fused-ring (bicyclic) bond motifs is 1. The normalized spacial score (nSPS) is 15.9. The van der Waals surface area contributed by atoms with Crippen LogP contribution in [0.15, 0.2) is 53.4 Å². The van der Waals surface area contributed by atoms with Crippen LogP contribution in [0, 0.1) is 0 Å². The molecule has 7 nitrogen and oxygen atoms in total. The van der Waals surface area contributed by atoms with Crippen molar-refractivity contribution in [2.45, 2.75) is 24.3 Å². The van der Waals surface area contributed by atoms with E-state index in [0.717, 1.165) is 15.6 Å². The molecule has 1 N–H and O–H groups in total. The third-order valence-corrected chi connectivity index (χ3v) is 6.29. The third kappa shape index (κ3) is 3.66. The molecule has 1 heterocycles. The number of carbonyl (C=O) groups is 2. The van der Waals surface area contributed by atoms with E-state index in [1.807, 2.05) is 19.1 Å². The van der Waals surface area contributed by atoms with Gasteiger partial charge in [0.05, 0.1) is 18.7 Å². The molecule has 1 atom stereocenters. The maximum absolute atomic E-state index is 12.5. The van der Waals surface area contributed by atoms with E-state index in [-0.39, 0.29) is 35.4 Å². The van der Waals surface area contributed by atoms with Crippen LogP contribution in [0.1, 0.15) is 35.3 Å². The molecule has 27 heavy (non-hydrogen) atoms. The largest absolute Gasteiger partial charge is 0.497 e. The summed E-state index contributed by atoms with van der Waals surface area (Å²) in [6.07, 6.45) is -0.112. The molecule has 0 fully saturated rings. The summed E-state index contributed by atoms with van der Waals surface area (Å²) in [6.45, 7) is 1.63. The average Bonchev–Trinajstić information content (AvgIpc) is 2.86. The second-order valence-electron chi connectivity index (χ2n) is 6.19. The van der Waals surface area contributed by atoms with Crippen molar-refractivity contribution in [3.8, 4) is 5.75 Å². The predicted molar refractivity (Wildman–Crippen MR) is 98.8 cm³/mol. The number of methoxy groups -OCH3 is 1. The molecule has 2 aromatic rings. The molecular formula is C19H20N2O5S. The lowest BCUT2D eigenvalue weighted by Crippen LogP contribution is -2.35. The van der Waals surface area contributed by atoms with Crippen molar-refractivity contribution < 1.29 is 22.7 Å². The lowest BCUT2D eigenvalue weighted by molar-refractivity contribution is -0.121. The van der Waals surface area contributed by atoms with Gasteiger partial charge in [0, 0.05) is 13.0 Å². The Morgan fingerprint density at radius 3 is 2.44 bits per heavy atom. The predicted octanol–water partition coefficient (Wildman–Crippen LogP) is 2.11. The van der Waals surface area contributed by atoms with E-state index in [0.29, 0.717) is 0 Å². The second kappa shape index (κ2) is 7.40. The highest BCUT2D eigenvalue weighted by atomic mass is 32.2. The summed E-state index contributed by atoms with van der Waals surface area (Å²) in [7, 11) is -2.31. The van der Waals surface area contributed by atoms with Gasteiger partial charge in [0.25, 0.3) is 15.9 Å². The Hall–Kier alpha value is -2.87. The zero-order valence-corrected chi connectivity index (χ0v) is 15.8. The van der Waals surface area contributed by atoms with Gasteiger partial charge in [-0.15, -0.1) is 0 Å². The smallest absolute Gasteiger partial charge is 0.269 e. The minimum Gasteiger partial charge on any atom is -0.497 e. The average molecular weight is 388 g/mol. The van der Waals surface area contributed by atoms with Gasteiger partial charge in [-0.1, -0.05) is 24.3 Å². The monoisotopic (exact) mass is 388 g/mol. The first-order valence-corrected chi connectivity index (χ1v) is 9.88. The molecule has 2 amide bonds. The molecule has 1 aliphatic heterocycles. The molecular weight excluding hydrogens is 368 g/mol. The van der Waals surface area contributed by atoms with Crippen LogP contribution in [0.4, 0.5) is 0 Å². The molecule has 0 bridgehead atoms. The lowest BCUT2D eigenvalue weighted by Gasteiger charge is -2.17. The van der Waals surface area contributed by atoms with E-state index in [1.54, 1.807) is 31.4 Å². The topological polar surface area (TPSA) is 92.8 Å². The Bertz CT molecular complexity index is 970. The molecule has 1 aliphatic rings. The van der Waals surface area contributed by atoms with Crippen molar-refractivity contribution in [1.29, 1.82) is 0 Å². The van der Waals surface area contributed by atoms with Crippen LogP contribution in [0.3, 0.4) is 0 Å². The maximum atomic E-state index is 12.5. The minimum absolute atomic E-state index is 0.0120. The van der Waals surface area contributed by atoms with Crippen molar-refractivity contribution in [2.24, 2.45) is 0 Å². The van der Waals surface area contributed by atoms with Crippen LogP contribution in [-0.2, 0) is 14.8 Å². The third-order valence-electron chi connectivity index (χ3n) is 4.45. The number of amides is 2. The van der Waals surface area contributed by atoms with Gasteiger partial charge in [-0.3, -0.25) is 9.59 Å². The Labute approximate surface area is 158 Å². The summed E-state index contributed by atoms with van der Waals surface area (Å²) in [4.78, 5) is 24.5. The first-order valence-electron chi connectivity index (χ1n) is 8.44. The second-order valence-corrected chi connectivity index (χ2v) is 8.02. The number of nitrogens with zero attached hydrogens (tertiary/aromatic N) is 1. The number of nitrogens with one attached hydrogen (secondary N) is 1. The number of ether oxygens (including phenoxy) is 1. The first kappa shape index (κ1) is 18.9. The van der Waals surface area contributed by atoms with Crippen LogP contribution >= 0.6 is 0 Å². The zero-order valence-electron chi connectivity index (χ0n) is 15.0. The summed E-state index contributed by atoms with van der Waals surface area (Å²) in [6, 6.07) is 13.1. The van der Waals surface area contributed by atoms with Gasteiger partial charge in [0.15, 0.2) is 0 Å². The summed E-state index contributed by atoms with van der Waals surface area (Å²) in [5, 5.41) is 2.81. The Morgan fingerprint density at radius 1 is 1.15 bits per heavy atom. The number of hydrogen-bond donors (Lipinski definition) is 1. The highest BCUT2D eigenvalue weighted by Crippen LogP contribution is 2.29. The van der Waals surface area contributed by atoms with Crippen molar-refractivity contribution in [2.75, 3.05) is 13.7 Å². The van der Waals surface area contributed by atoms with E-state index >= 15 is 0 Å². The Kier molecular flexibility index (Phi) is 5.18. The molecule has 0 saturated carbocycles. The number of sulfonamides is 1. The van der Waals surface area contributed by atoms with Gasteiger partial charge in [0.2, 0.25) is 5.91 Å². The van der Waals surface area contributed by atoms with Gasteiger partial charge in [0.1, 0.15) is 10.6 Å². The van der Waals surface area contributed by atoms with Crippen LogP contribution in [-0.4, -0.2) is 38.2 Å². The van der Waals surface area contributed by atoms with E-state index in [4.69, 9.17) is 4.74 Å². The van der Waals surface area contributed by atoms with Crippen LogP contribution < -0.4 is 10.1 Å². The Balaban J connectivity index is 1.62. The molecule has 8 heteroatoms. The van der Waals surface area contributed by atoms with E-state index in [1.165, 1.54) is 12.1 Å². The molecule has 2 aromatic carbocycles. The highest BCUT2D eigenvalue weighted by Gasteiger charge is 2.40. The van der Waals surface area contributed by atoms with Gasteiger partial charge >= 0.3 is 0 Å². The molecule has 0 aromatic heterocycles. The molecule has 142 valence electrons. The SMILES string of the molecule is COc1ccc(C(C)NC(=O)CCN2C(=O)c3ccccc3S2(=O)=O)cc1. The minimum atomic E-state index is -3.89. The summed E-state index contributed by atoms with van der Waals surface area (Å²) in [5.74, 6) is -0.214. The number of carbonyl (C=O) groups excluding carboxylic acids is 2. The molecule has 3 rings (SSSR count). The molecule has 0 spiro atoms. The fourth-order valence-electron chi connectivity index (χ4n) is 2.94. The van der Waals surface area contributed by atoms with E-state index in [2.05, 4.69) is 5.32 Å². The molecule has 1 unspecified atom stereocenters. The van der Waals surface area contributed by atoms with Crippen LogP contribution in [0.25, 0.3) is 0 Å². The summed E-state index contributed by atoms with van der Waals surface area (Å²) < 4.78 is 30.8. The first-order chi connectivity index (χ1) is 12.8. The highest BCUT2D eigenvalue weighted by molar-refractivity contribution is 7.90. The van der Waals surface area contributed by atoms with E-state index < -0.39 is 15.9 Å². The number of rotatable bonds is 6. The van der Waals surface area contributed by atoms with Gasteiger partial charge in [-0.2, -0.15) is 0 Å². The summed E-state index contributed by atoms with van der Waals surface area (Å²) in [5.41, 5.74) is 1.03. The van der Waals surface area contributed by atoms with Gasteiger partial charge in [-0.05, 0) is 36.8 Å². The fraction of sp³-hybridized carbons (Fsp3) is 0.263. The van der Waals surface area contributed by atoms with E-state index in [9.17, 15) is 18.0 Å². The van der Waals surface area contributed by atoms with Crippen molar-refractivity contribution in [1.82, 2.24) is 9.62 Å². The van der Waals surface area contributed by atoms with Crippen LogP contribution in [0.5, 0.6) is 5.75 Å². The molecule has 0 aliphatic carbocycles. The number of benzene rings is 2. The zero-order chi connectivity index (χ0) is 19.6. The lowest BCUT2D eigenvalue weighted by atomic mass is 10.1. The maximum Gasteiger partial charge on any atom is 0.269 e. The molecule has 0 saturated heterocycles. The standard InChI is InChI=1S/C19H20N2O5S/c1-13(14-7-9-15(26-2)10-8-14)20-18(22)11-12-21-19(23)16-5-3-4-6-17(16)27(21,24)25/h3-10,13H,11-12H2,1-2H3,(H,20,22). The number of hydrogen-bond acceptors (Lipinski definition) is 5. The van der Waals surface area contributed by atoms with Gasteiger partial charge in [-0.25, -0.2) is 12.7 Å². The van der Waals surface area contributed by atoms with Gasteiger partial charge < -0.3 is 10.1 Å². The van der Waals surface area contributed by atoms with Crippen molar-refractivity contribution in [3.05, 3.63) is 59.7 Å². The quantitative estimate of drug-likeness (QED) is 0.818. The van der Waals surface area contributed by atoms with Crippen molar-refractivity contribution >= 4 is 21.8 Å². The Morgan fingerprint density at radius 2 is 1.81 bits per heavy atom. The molecule has 0 radical (unpaired) electrons. The van der Waals surface area contributed by atoms with Crippen LogP contribution in [0.2, 0.25) is 0 Å². The van der Waals surface area contributed by atoms with Crippen molar-refractivity contribution in [3.63, 3.8) is 0 Å². The fourth-order valence-corrected chi connectivity index (χ4v) is 4.51. The summed E-state index contributed by atoms with van der Waals surface area (Å²) >= 11 is 0.